The molecule has 1 aromatic carbocycles. The highest BCUT2D eigenvalue weighted by atomic mass is 19.3. The van der Waals surface area contributed by atoms with Crippen LogP contribution in [0.1, 0.15) is 63.6 Å². The Kier molecular flexibility index (Phi) is 8.28. The van der Waals surface area contributed by atoms with Crippen LogP contribution in [0.5, 0.6) is 5.88 Å². The summed E-state index contributed by atoms with van der Waals surface area (Å²) in [5.74, 6) is 0.196. The van der Waals surface area contributed by atoms with Crippen LogP contribution in [0.2, 0.25) is 0 Å². The lowest BCUT2D eigenvalue weighted by Crippen LogP contribution is -2.59. The largest absolute Gasteiger partial charge is 0.474 e. The number of benzene rings is 1. The van der Waals surface area contributed by atoms with Gasteiger partial charge in [-0.1, -0.05) is 25.0 Å². The predicted octanol–water partition coefficient (Wildman–Crippen LogP) is 3.98. The third-order valence-electron chi connectivity index (χ3n) is 8.52. The average Bonchev–Trinajstić information content (AvgIpc) is 3.64. The van der Waals surface area contributed by atoms with E-state index in [0.29, 0.717) is 81.8 Å². The lowest BCUT2D eigenvalue weighted by Gasteiger charge is -2.33. The van der Waals surface area contributed by atoms with Crippen LogP contribution in [0.3, 0.4) is 0 Å². The van der Waals surface area contributed by atoms with Crippen molar-refractivity contribution in [3.05, 3.63) is 36.2 Å². The van der Waals surface area contributed by atoms with Crippen molar-refractivity contribution in [2.75, 3.05) is 31.2 Å². The Bertz CT molecular complexity index is 1460. The van der Waals surface area contributed by atoms with Gasteiger partial charge < -0.3 is 30.1 Å². The van der Waals surface area contributed by atoms with Crippen LogP contribution >= 0.6 is 0 Å². The van der Waals surface area contributed by atoms with Gasteiger partial charge in [-0.05, 0) is 50.7 Å². The Morgan fingerprint density at radius 2 is 1.77 bits per heavy atom. The molecule has 2 amide bonds. The van der Waals surface area contributed by atoms with Crippen LogP contribution in [0, 0.1) is 0 Å². The topological polar surface area (TPSA) is 144 Å². The maximum atomic E-state index is 14.1. The number of amides is 2. The number of aromatic nitrogens is 4. The van der Waals surface area contributed by atoms with Crippen LogP contribution in [0.4, 0.5) is 19.5 Å². The van der Waals surface area contributed by atoms with E-state index in [2.05, 4.69) is 25.6 Å². The average molecular weight is 600 g/mol. The molecule has 2 saturated carbocycles. The van der Waals surface area contributed by atoms with Gasteiger partial charge in [-0.25, -0.2) is 18.6 Å². The number of carbonyl (C=O) groups excluding carboxylic acids is 1. The molecule has 1 saturated heterocycles. The summed E-state index contributed by atoms with van der Waals surface area (Å²) in [4.78, 5) is 39.9. The fourth-order valence-corrected chi connectivity index (χ4v) is 6.32. The number of hydrogen-bond acceptors (Lipinski definition) is 8. The summed E-state index contributed by atoms with van der Waals surface area (Å²) < 4.78 is 41.4. The number of para-hydroxylation sites is 2. The van der Waals surface area contributed by atoms with Gasteiger partial charge in [-0.2, -0.15) is 9.97 Å². The van der Waals surface area contributed by atoms with Crippen molar-refractivity contribution in [2.24, 2.45) is 0 Å². The first-order valence-electron chi connectivity index (χ1n) is 14.8. The van der Waals surface area contributed by atoms with E-state index in [0.717, 1.165) is 12.8 Å². The van der Waals surface area contributed by atoms with Crippen molar-refractivity contribution in [3.63, 3.8) is 0 Å². The molecule has 3 aliphatic rings. The van der Waals surface area contributed by atoms with Crippen molar-refractivity contribution in [1.29, 1.82) is 0 Å². The maximum Gasteiger partial charge on any atom is 0.405 e. The molecule has 230 valence electrons. The minimum Gasteiger partial charge on any atom is -0.474 e. The van der Waals surface area contributed by atoms with Crippen molar-refractivity contribution in [1.82, 2.24) is 30.2 Å². The SMILES string of the molecule is O=C(O)NC1(C(=O)NC2CCC(Oc3cc(-n4c(C(F)F)nc5ccccc54)nc(N4CCOCC4)n3)CC2)CCCC1. The number of carboxylic acid groups (broad SMARTS) is 1. The van der Waals surface area contributed by atoms with E-state index in [1.165, 1.54) is 4.57 Å². The number of imidazole rings is 1. The number of nitrogens with zero attached hydrogens (tertiary/aromatic N) is 5. The summed E-state index contributed by atoms with van der Waals surface area (Å²) in [6.45, 7) is 2.11. The van der Waals surface area contributed by atoms with Crippen LogP contribution in [-0.4, -0.2) is 80.6 Å². The fraction of sp³-hybridized carbons (Fsp3) is 0.552. The predicted molar refractivity (Wildman–Crippen MR) is 152 cm³/mol. The summed E-state index contributed by atoms with van der Waals surface area (Å²) in [6, 6.07) is 8.39. The van der Waals surface area contributed by atoms with Gasteiger partial charge in [0.1, 0.15) is 17.5 Å². The van der Waals surface area contributed by atoms with Crippen molar-refractivity contribution >= 4 is 29.0 Å². The summed E-state index contributed by atoms with van der Waals surface area (Å²) >= 11 is 0. The highest BCUT2D eigenvalue weighted by Gasteiger charge is 2.43. The second-order valence-electron chi connectivity index (χ2n) is 11.3. The first-order valence-corrected chi connectivity index (χ1v) is 14.8. The second kappa shape index (κ2) is 12.3. The Labute approximate surface area is 246 Å². The maximum absolute atomic E-state index is 14.1. The Morgan fingerprint density at radius 1 is 1.05 bits per heavy atom. The van der Waals surface area contributed by atoms with Crippen molar-refractivity contribution in [2.45, 2.75) is 75.5 Å². The summed E-state index contributed by atoms with van der Waals surface area (Å²) in [5, 5.41) is 14.8. The molecule has 0 atom stereocenters. The number of nitrogens with one attached hydrogen (secondary N) is 2. The molecule has 12 nitrogen and oxygen atoms in total. The van der Waals surface area contributed by atoms with Crippen LogP contribution in [-0.2, 0) is 9.53 Å². The lowest BCUT2D eigenvalue weighted by atomic mass is 9.90. The van der Waals surface area contributed by atoms with Crippen LogP contribution < -0.4 is 20.3 Å². The molecule has 43 heavy (non-hydrogen) atoms. The smallest absolute Gasteiger partial charge is 0.405 e. The normalized spacial score (nSPS) is 22.1. The quantitative estimate of drug-likeness (QED) is 0.350. The first-order chi connectivity index (χ1) is 20.8. The molecule has 3 heterocycles. The van der Waals surface area contributed by atoms with Gasteiger partial charge in [0.05, 0.1) is 24.2 Å². The van der Waals surface area contributed by atoms with Crippen LogP contribution in [0.15, 0.2) is 30.3 Å². The molecule has 14 heteroatoms. The zero-order valence-electron chi connectivity index (χ0n) is 23.7. The molecule has 0 bridgehead atoms. The molecule has 0 unspecified atom stereocenters. The standard InChI is InChI=1S/C29H35F2N7O5/c30-24(31)25-33-20-5-1-2-6-21(20)38(25)22-17-23(35-27(34-22)37-13-15-42-16-14-37)43-19-9-7-18(8-10-19)32-26(39)29(36-28(40)41)11-3-4-12-29/h1-2,5-6,17-19,24,36H,3-4,7-16H2,(H,32,39)(H,40,41). The van der Waals surface area contributed by atoms with E-state index in [1.54, 1.807) is 30.3 Å². The van der Waals surface area contributed by atoms with Crippen LogP contribution in [0.25, 0.3) is 16.9 Å². The molecular formula is C29H35F2N7O5. The van der Waals surface area contributed by atoms with Gasteiger partial charge in [0.2, 0.25) is 17.7 Å². The molecule has 0 spiro atoms. The summed E-state index contributed by atoms with van der Waals surface area (Å²) in [5.41, 5.74) is -0.129. The molecular weight excluding hydrogens is 564 g/mol. The van der Waals surface area contributed by atoms with Gasteiger partial charge in [-0.3, -0.25) is 9.36 Å². The number of carbonyl (C=O) groups is 2. The monoisotopic (exact) mass is 599 g/mol. The van der Waals surface area contributed by atoms with E-state index >= 15 is 0 Å². The number of fused-ring (bicyclic) bond motifs is 1. The number of morpholine rings is 1. The molecule has 3 fully saturated rings. The zero-order valence-corrected chi connectivity index (χ0v) is 23.7. The highest BCUT2D eigenvalue weighted by Crippen LogP contribution is 2.33. The van der Waals surface area contributed by atoms with Gasteiger partial charge >= 0.3 is 6.09 Å². The molecule has 2 aromatic heterocycles. The van der Waals surface area contributed by atoms with E-state index in [-0.39, 0.29) is 29.8 Å². The molecule has 6 rings (SSSR count). The number of ether oxygens (including phenoxy) is 2. The van der Waals surface area contributed by atoms with Crippen molar-refractivity contribution < 1.29 is 33.0 Å². The van der Waals surface area contributed by atoms with Crippen molar-refractivity contribution in [3.8, 4) is 11.7 Å². The number of alkyl halides is 2. The van der Waals surface area contributed by atoms with Gasteiger partial charge in [0, 0.05) is 25.2 Å². The van der Waals surface area contributed by atoms with E-state index in [1.807, 2.05) is 4.90 Å². The minimum absolute atomic E-state index is 0.101. The molecule has 0 radical (unpaired) electrons. The lowest BCUT2D eigenvalue weighted by molar-refractivity contribution is -0.128. The number of halogens is 2. The number of rotatable bonds is 8. The Hall–Kier alpha value is -4.07. The zero-order chi connectivity index (χ0) is 30.0. The second-order valence-corrected chi connectivity index (χ2v) is 11.3. The highest BCUT2D eigenvalue weighted by molar-refractivity contribution is 5.90. The van der Waals surface area contributed by atoms with Gasteiger partial charge in [-0.15, -0.1) is 0 Å². The first kappa shape index (κ1) is 29.0. The number of hydrogen-bond donors (Lipinski definition) is 3. The molecule has 3 aromatic rings. The minimum atomic E-state index is -2.82. The van der Waals surface area contributed by atoms with E-state index in [4.69, 9.17) is 9.47 Å². The molecule has 2 aliphatic carbocycles. The summed E-state index contributed by atoms with van der Waals surface area (Å²) in [6.07, 6.45) is 0.919. The number of anilines is 1. The Balaban J connectivity index is 1.20. The molecule has 1 aliphatic heterocycles. The third kappa shape index (κ3) is 6.19. The van der Waals surface area contributed by atoms with Gasteiger partial charge in [0.15, 0.2) is 5.82 Å². The third-order valence-corrected chi connectivity index (χ3v) is 8.52. The Morgan fingerprint density at radius 3 is 2.47 bits per heavy atom. The summed E-state index contributed by atoms with van der Waals surface area (Å²) in [7, 11) is 0. The van der Waals surface area contributed by atoms with E-state index in [9.17, 15) is 23.5 Å². The van der Waals surface area contributed by atoms with Gasteiger partial charge in [0.25, 0.3) is 6.43 Å². The molecule has 3 N–H and O–H groups in total. The van der Waals surface area contributed by atoms with E-state index < -0.39 is 23.9 Å². The fourth-order valence-electron chi connectivity index (χ4n) is 6.32.